The van der Waals surface area contributed by atoms with Crippen molar-refractivity contribution in [3.63, 3.8) is 0 Å². The maximum absolute atomic E-state index is 16.2. The Bertz CT molecular complexity index is 4340. The Hall–Kier alpha value is -5.00. The molecule has 0 radical (unpaired) electrons. The number of non-ortho nitro benzene ring substituents is 1. The molecule has 13 aliphatic rings. The molecule has 4 saturated carbocycles. The Kier molecular flexibility index (Phi) is 35.7. The molecule has 46 heteroatoms. The largest absolute Gasteiger partial charge is 0.461 e. The van der Waals surface area contributed by atoms with Crippen LogP contribution in [0.1, 0.15) is 183 Å². The van der Waals surface area contributed by atoms with E-state index in [1.165, 1.54) is 39.0 Å². The summed E-state index contributed by atoms with van der Waals surface area (Å²) in [5.41, 5.74) is -4.94. The molecule has 140 heavy (non-hydrogen) atoms. The first-order chi connectivity index (χ1) is 66.1. The average molecular weight is 2010 g/mol. The highest BCUT2D eigenvalue weighted by Crippen LogP contribution is 2.76. The maximum atomic E-state index is 16.2. The number of nitro benzene ring substituents is 1. The van der Waals surface area contributed by atoms with E-state index in [0.717, 1.165) is 44.0 Å². The predicted octanol–water partition coefficient (Wildman–Crippen LogP) is -3.94. The van der Waals surface area contributed by atoms with Crippen molar-refractivity contribution in [2.24, 2.45) is 50.2 Å². The summed E-state index contributed by atoms with van der Waals surface area (Å²) >= 11 is 0. The number of nitrogens with one attached hydrogen (secondary N) is 1. The van der Waals surface area contributed by atoms with Crippen molar-refractivity contribution >= 4 is 29.8 Å². The standard InChI is InChI=1S/C94H146N2O44/c1-40-56(104)62(110)67(115)82(127-40)135-74-69(117)76(79(120)95-30-17-15-13-11-10-12-14-16-21-55(103)124-36-43-19-18-20-44(31-43)96(122)123)137-87(78(74)139-83-68(116)63(111)60(108)49(34-97)130-83)132-54-25-26-90(6)51(91(54,7)39-99)24-27-92(8)52(90)23-22-45-46-32-89(4,5)28-29-94(46,53(102)33-93(45,92)9)88(121)140-86-77(64(112)57(105)41(2)128-86)138-84-71(119)75(72(42(3)129-84)133-80-65(113)58(106)47(100)37-125-80)136-85-70(118)73(61(109)50(35-98)131-85)134-81-66(114)59(107)48(101)38-126-81/h18-20,22,31,39-42,46-54,56-78,80-87,97-98,100-102,104-119H,10-17,21,23-30,32-38H2,1-9H3,(H,95,120)/t40-,41+,42-,46-,47+,48+,49+,50+,51+,52+,53+,54-,56-,57-,58-,59-,60-,61+,62+,63-,64-,65+,66+,67+,68+,69-,70+,71+,72-,73-,74-,75-,76-,77+,78+,80-,81-,82-,83-,84-,85-,86-,87+,90-,91-,92+,93+,94+/m0/s1. The van der Waals surface area contributed by atoms with E-state index in [2.05, 4.69) is 32.2 Å². The maximum Gasteiger partial charge on any atom is 0.317 e. The summed E-state index contributed by atoms with van der Waals surface area (Å²) in [5, 5.41) is 252. The second kappa shape index (κ2) is 45.2. The molecule has 8 saturated heterocycles. The Morgan fingerprint density at radius 3 is 1.64 bits per heavy atom. The number of amides is 1. The van der Waals surface area contributed by atoms with E-state index in [-0.39, 0.29) is 50.4 Å². The van der Waals surface area contributed by atoms with Gasteiger partial charge in [-0.2, -0.15) is 0 Å². The number of benzene rings is 1. The smallest absolute Gasteiger partial charge is 0.317 e. The van der Waals surface area contributed by atoms with E-state index in [0.29, 0.717) is 63.4 Å². The summed E-state index contributed by atoms with van der Waals surface area (Å²) in [6.07, 6.45) is -62.7. The monoisotopic (exact) mass is 2010 g/mol. The normalized spacial score (nSPS) is 48.0. The Morgan fingerprint density at radius 1 is 0.493 bits per heavy atom. The zero-order valence-electron chi connectivity index (χ0n) is 80.0. The van der Waals surface area contributed by atoms with E-state index < -0.39 is 339 Å². The van der Waals surface area contributed by atoms with Crippen LogP contribution in [0.15, 0.2) is 35.9 Å². The molecule has 8 aliphatic heterocycles. The van der Waals surface area contributed by atoms with E-state index in [4.69, 9.17) is 80.5 Å². The molecule has 0 aromatic heterocycles. The van der Waals surface area contributed by atoms with E-state index in [1.807, 2.05) is 13.8 Å². The second-order valence-corrected chi connectivity index (χ2v) is 42.5. The number of aliphatic hydroxyl groups excluding tert-OH is 21. The number of hydrogen-bond acceptors (Lipinski definition) is 44. The summed E-state index contributed by atoms with van der Waals surface area (Å²) in [6, 6.07) is 5.83. The fraction of sp³-hybridized carbons (Fsp3) is 0.872. The van der Waals surface area contributed by atoms with Crippen LogP contribution in [0.4, 0.5) is 5.69 Å². The average Bonchev–Trinajstić information content (AvgIpc) is 0.667. The minimum Gasteiger partial charge on any atom is -0.461 e. The minimum absolute atomic E-state index is 0.0258. The number of nitro groups is 1. The Labute approximate surface area is 808 Å². The summed E-state index contributed by atoms with van der Waals surface area (Å²) in [6.45, 7) is 13.2. The van der Waals surface area contributed by atoms with Crippen LogP contribution in [0, 0.1) is 60.4 Å². The van der Waals surface area contributed by atoms with Gasteiger partial charge in [0.15, 0.2) is 56.2 Å². The fourth-order valence-electron chi connectivity index (χ4n) is 24.4. The van der Waals surface area contributed by atoms with Gasteiger partial charge in [-0.05, 0) is 136 Å². The van der Waals surface area contributed by atoms with Gasteiger partial charge in [-0.15, -0.1) is 0 Å². The number of nitrogens with zero attached hydrogens (tertiary/aromatic N) is 1. The van der Waals surface area contributed by atoms with Crippen molar-refractivity contribution < 1.29 is 212 Å². The molecule has 14 rings (SSSR count). The number of fused-ring (bicyclic) bond motifs is 7. The van der Waals surface area contributed by atoms with Crippen LogP contribution in [-0.2, 0) is 106 Å². The lowest BCUT2D eigenvalue weighted by molar-refractivity contribution is -0.399. The molecule has 48 atom stereocenters. The summed E-state index contributed by atoms with van der Waals surface area (Å²) in [7, 11) is 0. The van der Waals surface area contributed by atoms with Gasteiger partial charge >= 0.3 is 11.9 Å². The third-order valence-corrected chi connectivity index (χ3v) is 33.1. The van der Waals surface area contributed by atoms with Crippen LogP contribution < -0.4 is 5.32 Å². The van der Waals surface area contributed by atoms with Crippen LogP contribution in [0.25, 0.3) is 0 Å². The van der Waals surface area contributed by atoms with Gasteiger partial charge in [0, 0.05) is 25.1 Å². The third-order valence-electron chi connectivity index (χ3n) is 33.1. The molecular formula is C94H146N2O44. The van der Waals surface area contributed by atoms with Crippen LogP contribution in [0.3, 0.4) is 0 Å². The van der Waals surface area contributed by atoms with Gasteiger partial charge in [-0.1, -0.05) is 104 Å². The first-order valence-electron chi connectivity index (χ1n) is 49.1. The first-order valence-corrected chi connectivity index (χ1v) is 49.1. The van der Waals surface area contributed by atoms with E-state index >= 15 is 4.79 Å². The molecule has 46 nitrogen and oxygen atoms in total. The zero-order chi connectivity index (χ0) is 102. The lowest BCUT2D eigenvalue weighted by Crippen LogP contribution is -2.70. The van der Waals surface area contributed by atoms with Crippen molar-refractivity contribution in [2.75, 3.05) is 33.0 Å². The number of aliphatic hydroxyl groups is 21. The Balaban J connectivity index is 0.695. The van der Waals surface area contributed by atoms with Gasteiger partial charge in [-0.3, -0.25) is 24.5 Å². The molecule has 1 aromatic rings. The van der Waals surface area contributed by atoms with Gasteiger partial charge in [0.2, 0.25) is 6.29 Å². The molecule has 796 valence electrons. The van der Waals surface area contributed by atoms with Gasteiger partial charge in [-0.25, -0.2) is 0 Å². The molecule has 0 unspecified atom stereocenters. The highest BCUT2D eigenvalue weighted by atomic mass is 16.8. The highest BCUT2D eigenvalue weighted by molar-refractivity contribution is 5.82. The lowest BCUT2D eigenvalue weighted by Gasteiger charge is -2.71. The van der Waals surface area contributed by atoms with E-state index in [1.54, 1.807) is 13.0 Å². The van der Waals surface area contributed by atoms with Crippen molar-refractivity contribution in [1.82, 2.24) is 5.32 Å². The zero-order valence-corrected chi connectivity index (χ0v) is 80.0. The Morgan fingerprint density at radius 2 is 1.01 bits per heavy atom. The SMILES string of the molecule is C[C@@H]1O[C@@H](O[C@H]2[C@H](O)[C@@H](C(=O)NCCCCCCCCCCC(=O)OCc3cccc([N+](=O)[O-])c3)O[C@@H](O[C@H]3CC[C@]4(C)[C@H]5CC=C6[C@@H]7CC(C)(C)CC[C@]7(C(=O)O[C@@H]7O[C@H](C)[C@H](O)[C@H](O)[C@H]7O[C@@H]7O[C@@H](C)[C@H](O[C@@H]8OC[C@@H](O)[C@H](O)[C@H]8O)[C@@H](O[C@@H]8O[C@H](CO)[C@@H](O)[C@H](O[C@@H]9OC[C@@H](O)[C@H](O)[C@H]9O)[C@H]8O)[C@H]7O)[C@H](O)C[C@@]6(C)[C@]5(C)CC[C@H]4[C@]3(C)C=O)[C@@H]2O[C@@H]2O[C@H](CO)[C@H](O)[C@H](O)[C@H]2O)[C@H](O)[C@H](O)[C@H]1O. The van der Waals surface area contributed by atoms with Crippen molar-refractivity contribution in [1.29, 1.82) is 0 Å². The third kappa shape index (κ3) is 21.8. The molecular weight excluding hydrogens is 1860 g/mol. The number of hydrogen-bond donors (Lipinski definition) is 22. The van der Waals surface area contributed by atoms with Gasteiger partial charge in [0.05, 0.1) is 67.3 Å². The lowest BCUT2D eigenvalue weighted by atomic mass is 9.33. The number of allylic oxidation sites excluding steroid dienone is 2. The summed E-state index contributed by atoms with van der Waals surface area (Å²) in [5.74, 6) is -3.91. The van der Waals surface area contributed by atoms with Gasteiger partial charge in [0.1, 0.15) is 171 Å². The van der Waals surface area contributed by atoms with Crippen molar-refractivity contribution in [3.8, 4) is 0 Å². The number of carbonyl (C=O) groups is 4. The molecule has 22 N–H and O–H groups in total. The van der Waals surface area contributed by atoms with Crippen LogP contribution >= 0.6 is 0 Å². The minimum atomic E-state index is -2.24. The van der Waals surface area contributed by atoms with Crippen molar-refractivity contribution in [2.45, 2.75) is 430 Å². The molecule has 5 aliphatic carbocycles. The van der Waals surface area contributed by atoms with Crippen LogP contribution in [0.5, 0.6) is 0 Å². The molecule has 1 aromatic carbocycles. The number of rotatable bonds is 34. The molecule has 12 fully saturated rings. The van der Waals surface area contributed by atoms with Crippen molar-refractivity contribution in [3.05, 3.63) is 51.6 Å². The quantitative estimate of drug-likeness (QED) is 0.00596. The second-order valence-electron chi connectivity index (χ2n) is 42.5. The van der Waals surface area contributed by atoms with Gasteiger partial charge < -0.3 is 198 Å². The van der Waals surface area contributed by atoms with Gasteiger partial charge in [0.25, 0.3) is 11.6 Å². The number of carbonyl (C=O) groups excluding carboxylic acids is 4. The molecule has 0 bridgehead atoms. The fourth-order valence-corrected chi connectivity index (χ4v) is 24.4. The molecule has 1 amide bonds. The predicted molar refractivity (Wildman–Crippen MR) is 469 cm³/mol. The molecule has 0 spiro atoms. The number of aldehydes is 1. The highest BCUT2D eigenvalue weighted by Gasteiger charge is 2.74. The topological polar surface area (TPSA) is 705 Å². The first kappa shape index (κ1) is 111. The summed E-state index contributed by atoms with van der Waals surface area (Å²) < 4.78 is 104. The summed E-state index contributed by atoms with van der Waals surface area (Å²) in [4.78, 5) is 68.9. The van der Waals surface area contributed by atoms with E-state index in [9.17, 15) is 132 Å². The van der Waals surface area contributed by atoms with Crippen LogP contribution in [0.2, 0.25) is 0 Å². The number of unbranched alkanes of at least 4 members (excludes halogenated alkanes) is 7. The number of esters is 2. The number of ether oxygens (including phenoxy) is 17. The molecule has 8 heterocycles. The van der Waals surface area contributed by atoms with Crippen LogP contribution in [-0.4, -0.2) is 415 Å².